The lowest BCUT2D eigenvalue weighted by Gasteiger charge is -2.18. The Kier molecular flexibility index (Phi) is 3.40. The van der Waals surface area contributed by atoms with Crippen LogP contribution in [0.3, 0.4) is 0 Å². The summed E-state index contributed by atoms with van der Waals surface area (Å²) in [5, 5.41) is 9.84. The van der Waals surface area contributed by atoms with Crippen LogP contribution in [0.5, 0.6) is 0 Å². The van der Waals surface area contributed by atoms with E-state index >= 15 is 0 Å². The largest absolute Gasteiger partial charge is 0.467 e. The highest BCUT2D eigenvalue weighted by molar-refractivity contribution is 7.08. The van der Waals surface area contributed by atoms with Crippen LogP contribution in [0.25, 0.3) is 0 Å². The van der Waals surface area contributed by atoms with Crippen LogP contribution in [0.15, 0.2) is 44.7 Å². The van der Waals surface area contributed by atoms with Gasteiger partial charge in [-0.1, -0.05) is 0 Å². The molecule has 0 N–H and O–H groups in total. The van der Waals surface area contributed by atoms with Gasteiger partial charge >= 0.3 is 0 Å². The Hall–Kier alpha value is -1.59. The van der Waals surface area contributed by atoms with E-state index in [0.717, 1.165) is 17.0 Å². The Bertz CT molecular complexity index is 592. The molecule has 1 aliphatic rings. The molecular formula is C13H11ClN2O2S. The van der Waals surface area contributed by atoms with Gasteiger partial charge in [0, 0.05) is 12.0 Å². The Balaban J connectivity index is 1.93. The second kappa shape index (κ2) is 5.19. The summed E-state index contributed by atoms with van der Waals surface area (Å²) in [6, 6.07) is 5.46. The summed E-state index contributed by atoms with van der Waals surface area (Å²) in [4.78, 5) is 11.9. The number of hydrogen-bond acceptors (Lipinski definition) is 4. The number of rotatable bonds is 3. The minimum Gasteiger partial charge on any atom is -0.467 e. The van der Waals surface area contributed by atoms with Crippen LogP contribution in [0.1, 0.15) is 23.8 Å². The SMILES string of the molecule is O=C(CCl)N1N=C(c2ccsc2)C[C@@H]1c1ccco1. The Morgan fingerprint density at radius 2 is 2.47 bits per heavy atom. The van der Waals surface area contributed by atoms with Gasteiger partial charge in [-0.2, -0.15) is 16.4 Å². The maximum absolute atomic E-state index is 11.9. The van der Waals surface area contributed by atoms with Gasteiger partial charge in [-0.3, -0.25) is 4.79 Å². The summed E-state index contributed by atoms with van der Waals surface area (Å²) in [5.41, 5.74) is 1.94. The van der Waals surface area contributed by atoms with Crippen molar-refractivity contribution >= 4 is 34.6 Å². The van der Waals surface area contributed by atoms with Crippen LogP contribution < -0.4 is 0 Å². The summed E-state index contributed by atoms with van der Waals surface area (Å²) >= 11 is 7.25. The minimum atomic E-state index is -0.215. The summed E-state index contributed by atoms with van der Waals surface area (Å²) in [7, 11) is 0. The lowest BCUT2D eigenvalue weighted by Crippen LogP contribution is -2.27. The van der Waals surface area contributed by atoms with Crippen molar-refractivity contribution in [2.24, 2.45) is 5.10 Å². The number of thiophene rings is 1. The van der Waals surface area contributed by atoms with Gasteiger partial charge in [0.15, 0.2) is 0 Å². The molecule has 3 heterocycles. The molecule has 0 radical (unpaired) electrons. The van der Waals surface area contributed by atoms with Crippen LogP contribution in [0.4, 0.5) is 0 Å². The van der Waals surface area contributed by atoms with Crippen molar-refractivity contribution in [2.75, 3.05) is 5.88 Å². The number of hydrazone groups is 1. The highest BCUT2D eigenvalue weighted by Gasteiger charge is 2.34. The maximum Gasteiger partial charge on any atom is 0.258 e. The van der Waals surface area contributed by atoms with Gasteiger partial charge in [-0.05, 0) is 29.0 Å². The van der Waals surface area contributed by atoms with E-state index in [0.29, 0.717) is 6.42 Å². The monoisotopic (exact) mass is 294 g/mol. The number of carbonyl (C=O) groups is 1. The number of alkyl halides is 1. The number of carbonyl (C=O) groups excluding carboxylic acids is 1. The molecule has 0 spiro atoms. The Morgan fingerprint density at radius 3 is 3.11 bits per heavy atom. The van der Waals surface area contributed by atoms with Crippen LogP contribution in [-0.2, 0) is 4.79 Å². The van der Waals surface area contributed by atoms with Crippen molar-refractivity contribution in [3.8, 4) is 0 Å². The molecular weight excluding hydrogens is 284 g/mol. The van der Waals surface area contributed by atoms with Crippen LogP contribution in [0, 0.1) is 0 Å². The average Bonchev–Trinajstić information content (AvgIpc) is 3.14. The number of furan rings is 1. The predicted octanol–water partition coefficient (Wildman–Crippen LogP) is 3.26. The first-order valence-electron chi connectivity index (χ1n) is 5.81. The number of nitrogens with zero attached hydrogens (tertiary/aromatic N) is 2. The fourth-order valence-electron chi connectivity index (χ4n) is 2.11. The second-order valence-corrected chi connectivity index (χ2v) is 5.21. The third kappa shape index (κ3) is 2.31. The molecule has 3 rings (SSSR count). The minimum absolute atomic E-state index is 0.0857. The molecule has 0 saturated heterocycles. The van der Waals surface area contributed by atoms with Crippen molar-refractivity contribution in [1.29, 1.82) is 0 Å². The van der Waals surface area contributed by atoms with E-state index in [1.54, 1.807) is 23.7 Å². The van der Waals surface area contributed by atoms with Crippen molar-refractivity contribution in [1.82, 2.24) is 5.01 Å². The predicted molar refractivity (Wildman–Crippen MR) is 74.5 cm³/mol. The van der Waals surface area contributed by atoms with E-state index in [1.165, 1.54) is 5.01 Å². The number of hydrogen-bond donors (Lipinski definition) is 0. The molecule has 1 aliphatic heterocycles. The molecule has 2 aromatic heterocycles. The summed E-state index contributed by atoms with van der Waals surface area (Å²) < 4.78 is 5.40. The third-order valence-corrected chi connectivity index (χ3v) is 3.92. The molecule has 0 saturated carbocycles. The number of halogens is 1. The fraction of sp³-hybridized carbons (Fsp3) is 0.231. The number of amides is 1. The lowest BCUT2D eigenvalue weighted by atomic mass is 10.1. The molecule has 2 aromatic rings. The van der Waals surface area contributed by atoms with E-state index in [2.05, 4.69) is 5.10 Å². The van der Waals surface area contributed by atoms with Gasteiger partial charge in [0.1, 0.15) is 17.7 Å². The summed E-state index contributed by atoms with van der Waals surface area (Å²) in [6.07, 6.45) is 2.24. The fourth-order valence-corrected chi connectivity index (χ4v) is 2.89. The van der Waals surface area contributed by atoms with E-state index in [9.17, 15) is 4.79 Å². The molecule has 0 aliphatic carbocycles. The van der Waals surface area contributed by atoms with Gasteiger partial charge in [0.2, 0.25) is 0 Å². The first-order chi connectivity index (χ1) is 9.29. The van der Waals surface area contributed by atoms with Crippen LogP contribution >= 0.6 is 22.9 Å². The first kappa shape index (κ1) is 12.4. The van der Waals surface area contributed by atoms with Gasteiger partial charge in [0.25, 0.3) is 5.91 Å². The molecule has 1 amide bonds. The van der Waals surface area contributed by atoms with Crippen molar-refractivity contribution < 1.29 is 9.21 Å². The van der Waals surface area contributed by atoms with Crippen LogP contribution in [0.2, 0.25) is 0 Å². The first-order valence-corrected chi connectivity index (χ1v) is 7.29. The maximum atomic E-state index is 11.9. The molecule has 0 unspecified atom stereocenters. The van der Waals surface area contributed by atoms with E-state index in [1.807, 2.05) is 22.9 Å². The zero-order chi connectivity index (χ0) is 13.2. The third-order valence-electron chi connectivity index (χ3n) is 3.01. The summed E-state index contributed by atoms with van der Waals surface area (Å²) in [5.74, 6) is 0.429. The molecule has 0 aromatic carbocycles. The zero-order valence-corrected chi connectivity index (χ0v) is 11.5. The molecule has 0 bridgehead atoms. The highest BCUT2D eigenvalue weighted by atomic mass is 35.5. The molecule has 1 atom stereocenters. The Morgan fingerprint density at radius 1 is 1.58 bits per heavy atom. The van der Waals surface area contributed by atoms with Gasteiger partial charge in [-0.15, -0.1) is 11.6 Å². The quantitative estimate of drug-likeness (QED) is 0.816. The van der Waals surface area contributed by atoms with Gasteiger partial charge in [-0.25, -0.2) is 5.01 Å². The second-order valence-electron chi connectivity index (χ2n) is 4.17. The normalized spacial score (nSPS) is 18.7. The molecule has 6 heteroatoms. The lowest BCUT2D eigenvalue weighted by molar-refractivity contribution is -0.130. The van der Waals surface area contributed by atoms with Gasteiger partial charge < -0.3 is 4.42 Å². The van der Waals surface area contributed by atoms with E-state index in [-0.39, 0.29) is 17.8 Å². The van der Waals surface area contributed by atoms with Crippen LogP contribution in [-0.4, -0.2) is 22.5 Å². The molecule has 0 fully saturated rings. The molecule has 4 nitrogen and oxygen atoms in total. The van der Waals surface area contributed by atoms with Gasteiger partial charge in [0.05, 0.1) is 12.0 Å². The standard InChI is InChI=1S/C13H11ClN2O2S/c14-7-13(17)16-11(12-2-1-4-18-12)6-10(15-16)9-3-5-19-8-9/h1-5,8,11H,6-7H2/t11-/m1/s1. The zero-order valence-electron chi connectivity index (χ0n) is 9.95. The molecule has 19 heavy (non-hydrogen) atoms. The smallest absolute Gasteiger partial charge is 0.258 e. The summed E-state index contributed by atoms with van der Waals surface area (Å²) in [6.45, 7) is 0. The van der Waals surface area contributed by atoms with Crippen molar-refractivity contribution in [3.63, 3.8) is 0 Å². The highest BCUT2D eigenvalue weighted by Crippen LogP contribution is 2.33. The van der Waals surface area contributed by atoms with Crippen molar-refractivity contribution in [2.45, 2.75) is 12.5 Å². The average molecular weight is 295 g/mol. The topological polar surface area (TPSA) is 45.8 Å². The van der Waals surface area contributed by atoms with E-state index < -0.39 is 0 Å². The van der Waals surface area contributed by atoms with E-state index in [4.69, 9.17) is 16.0 Å². The van der Waals surface area contributed by atoms with Crippen molar-refractivity contribution in [3.05, 3.63) is 46.5 Å². The Labute approximate surface area is 119 Å². The molecule has 98 valence electrons.